The molecule has 0 saturated heterocycles. The van der Waals surface area contributed by atoms with Gasteiger partial charge in [0.15, 0.2) is 0 Å². The molecule has 2 N–H and O–H groups in total. The number of fused-ring (bicyclic) bond motifs is 4. The number of nitrogens with one attached hydrogen (secondary N) is 1. The Morgan fingerprint density at radius 1 is 0.868 bits per heavy atom. The number of rotatable bonds is 7. The number of carboxylic acids is 1. The Hall–Kier alpha value is -4.32. The summed E-state index contributed by atoms with van der Waals surface area (Å²) in [5, 5.41) is 14.3. The van der Waals surface area contributed by atoms with Crippen molar-refractivity contribution in [3.8, 4) is 16.9 Å². The number of hydrogen-bond acceptors (Lipinski definition) is 4. The molecule has 4 aromatic carbocycles. The zero-order valence-electron chi connectivity index (χ0n) is 21.7. The molecule has 1 aliphatic rings. The van der Waals surface area contributed by atoms with Gasteiger partial charge in [0, 0.05) is 12.3 Å². The van der Waals surface area contributed by atoms with Gasteiger partial charge in [-0.1, -0.05) is 72.8 Å². The van der Waals surface area contributed by atoms with E-state index in [1.807, 2.05) is 93.6 Å². The lowest BCUT2D eigenvalue weighted by molar-refractivity contribution is -0.139. The van der Waals surface area contributed by atoms with Gasteiger partial charge < -0.3 is 19.9 Å². The molecule has 1 atom stereocenters. The van der Waals surface area contributed by atoms with Crippen LogP contribution in [0, 0.1) is 0 Å². The average molecular weight is 510 g/mol. The fourth-order valence-corrected chi connectivity index (χ4v) is 5.04. The van der Waals surface area contributed by atoms with Gasteiger partial charge in [-0.15, -0.1) is 0 Å². The molecular weight excluding hydrogens is 478 g/mol. The lowest BCUT2D eigenvalue weighted by Crippen LogP contribution is -2.42. The number of benzene rings is 4. The van der Waals surface area contributed by atoms with E-state index in [2.05, 4.69) is 17.4 Å². The second-order valence-electron chi connectivity index (χ2n) is 10.6. The quantitative estimate of drug-likeness (QED) is 0.295. The van der Waals surface area contributed by atoms with Crippen molar-refractivity contribution in [3.05, 3.63) is 102 Å². The summed E-state index contributed by atoms with van der Waals surface area (Å²) >= 11 is 0. The van der Waals surface area contributed by atoms with Gasteiger partial charge in [0.1, 0.15) is 24.0 Å². The Morgan fingerprint density at radius 2 is 1.50 bits per heavy atom. The van der Waals surface area contributed by atoms with Crippen LogP contribution in [0.3, 0.4) is 0 Å². The number of aliphatic carboxylic acids is 1. The van der Waals surface area contributed by atoms with E-state index in [4.69, 9.17) is 9.47 Å². The molecule has 0 radical (unpaired) electrons. The molecule has 0 aromatic heterocycles. The summed E-state index contributed by atoms with van der Waals surface area (Å²) in [5.41, 5.74) is 4.93. The molecule has 0 bridgehead atoms. The van der Waals surface area contributed by atoms with Crippen molar-refractivity contribution in [2.24, 2.45) is 0 Å². The Balaban J connectivity index is 1.26. The summed E-state index contributed by atoms with van der Waals surface area (Å²) in [4.78, 5) is 24.7. The van der Waals surface area contributed by atoms with E-state index in [1.165, 1.54) is 0 Å². The third-order valence-corrected chi connectivity index (χ3v) is 6.67. The van der Waals surface area contributed by atoms with Crippen molar-refractivity contribution in [1.29, 1.82) is 0 Å². The minimum Gasteiger partial charge on any atom is -0.488 e. The molecule has 1 aliphatic carbocycles. The molecule has 5 rings (SSSR count). The number of ether oxygens (including phenoxy) is 2. The van der Waals surface area contributed by atoms with Crippen molar-refractivity contribution >= 4 is 22.8 Å². The SMILES string of the molecule is CC(C)(C)Oc1ccc2ccc(C[C@H](NC(=O)OCC3c4ccccc4-c4ccccc43)C(=O)O)cc2c1. The van der Waals surface area contributed by atoms with Crippen LogP contribution < -0.4 is 10.1 Å². The van der Waals surface area contributed by atoms with Crippen LogP contribution in [-0.4, -0.2) is 35.4 Å². The van der Waals surface area contributed by atoms with Gasteiger partial charge in [0.25, 0.3) is 0 Å². The smallest absolute Gasteiger partial charge is 0.407 e. The minimum atomic E-state index is -1.13. The highest BCUT2D eigenvalue weighted by Crippen LogP contribution is 2.44. The normalized spacial score (nSPS) is 13.4. The fraction of sp³-hybridized carbons (Fsp3) is 0.250. The molecule has 0 aliphatic heterocycles. The lowest BCUT2D eigenvalue weighted by Gasteiger charge is -2.21. The van der Waals surface area contributed by atoms with E-state index >= 15 is 0 Å². The van der Waals surface area contributed by atoms with E-state index in [1.54, 1.807) is 0 Å². The van der Waals surface area contributed by atoms with Crippen molar-refractivity contribution in [2.75, 3.05) is 6.61 Å². The van der Waals surface area contributed by atoms with Crippen LogP contribution in [0.5, 0.6) is 5.75 Å². The number of amides is 1. The summed E-state index contributed by atoms with van der Waals surface area (Å²) in [6.45, 7) is 6.08. The number of carbonyl (C=O) groups is 2. The second kappa shape index (κ2) is 10.2. The van der Waals surface area contributed by atoms with Gasteiger partial charge in [0.05, 0.1) is 0 Å². The minimum absolute atomic E-state index is 0.0959. The topological polar surface area (TPSA) is 84.9 Å². The van der Waals surface area contributed by atoms with E-state index < -0.39 is 18.1 Å². The molecule has 38 heavy (non-hydrogen) atoms. The molecule has 6 nitrogen and oxygen atoms in total. The maximum absolute atomic E-state index is 12.7. The maximum Gasteiger partial charge on any atom is 0.407 e. The van der Waals surface area contributed by atoms with Crippen molar-refractivity contribution in [2.45, 2.75) is 44.8 Å². The van der Waals surface area contributed by atoms with Gasteiger partial charge in [-0.05, 0) is 71.5 Å². The molecule has 6 heteroatoms. The molecule has 0 unspecified atom stereocenters. The third-order valence-electron chi connectivity index (χ3n) is 6.67. The molecular formula is C32H31NO5. The predicted molar refractivity (Wildman–Crippen MR) is 148 cm³/mol. The second-order valence-corrected chi connectivity index (χ2v) is 10.6. The fourth-order valence-electron chi connectivity index (χ4n) is 5.04. The van der Waals surface area contributed by atoms with Crippen molar-refractivity contribution < 1.29 is 24.2 Å². The summed E-state index contributed by atoms with van der Waals surface area (Å²) in [7, 11) is 0. The molecule has 4 aromatic rings. The Kier molecular flexibility index (Phi) is 6.81. The van der Waals surface area contributed by atoms with Gasteiger partial charge in [0.2, 0.25) is 0 Å². The van der Waals surface area contributed by atoms with Crippen LogP contribution in [0.2, 0.25) is 0 Å². The van der Waals surface area contributed by atoms with Crippen LogP contribution in [0.25, 0.3) is 21.9 Å². The Bertz CT molecular complexity index is 1460. The van der Waals surface area contributed by atoms with E-state index in [-0.39, 0.29) is 24.5 Å². The van der Waals surface area contributed by atoms with E-state index in [0.717, 1.165) is 44.3 Å². The Morgan fingerprint density at radius 3 is 2.13 bits per heavy atom. The number of hydrogen-bond donors (Lipinski definition) is 2. The lowest BCUT2D eigenvalue weighted by atomic mass is 9.98. The molecule has 0 fully saturated rings. The molecule has 194 valence electrons. The van der Waals surface area contributed by atoms with Crippen LogP contribution in [-0.2, 0) is 16.0 Å². The van der Waals surface area contributed by atoms with Crippen LogP contribution in [0.4, 0.5) is 4.79 Å². The number of carbonyl (C=O) groups excluding carboxylic acids is 1. The summed E-state index contributed by atoms with van der Waals surface area (Å²) in [5.74, 6) is -0.474. The van der Waals surface area contributed by atoms with Crippen LogP contribution in [0.15, 0.2) is 84.9 Å². The first-order chi connectivity index (χ1) is 18.2. The van der Waals surface area contributed by atoms with Crippen LogP contribution >= 0.6 is 0 Å². The number of carboxylic acid groups (broad SMARTS) is 1. The van der Waals surface area contributed by atoms with Gasteiger partial charge in [-0.3, -0.25) is 0 Å². The highest BCUT2D eigenvalue weighted by Gasteiger charge is 2.30. The highest BCUT2D eigenvalue weighted by molar-refractivity contribution is 5.85. The Labute approximate surface area is 222 Å². The first kappa shape index (κ1) is 25.3. The van der Waals surface area contributed by atoms with Crippen LogP contribution in [0.1, 0.15) is 43.4 Å². The van der Waals surface area contributed by atoms with Gasteiger partial charge >= 0.3 is 12.1 Å². The van der Waals surface area contributed by atoms with Crippen molar-refractivity contribution in [1.82, 2.24) is 5.32 Å². The molecule has 0 spiro atoms. The third kappa shape index (κ3) is 5.49. The van der Waals surface area contributed by atoms with E-state index in [9.17, 15) is 14.7 Å². The zero-order chi connectivity index (χ0) is 26.9. The first-order valence-corrected chi connectivity index (χ1v) is 12.7. The maximum atomic E-state index is 12.7. The average Bonchev–Trinajstić information content (AvgIpc) is 3.19. The molecule has 0 saturated carbocycles. The number of alkyl carbamates (subject to hydrolysis) is 1. The van der Waals surface area contributed by atoms with E-state index in [0.29, 0.717) is 0 Å². The summed E-state index contributed by atoms with van der Waals surface area (Å²) < 4.78 is 11.5. The highest BCUT2D eigenvalue weighted by atomic mass is 16.5. The standard InChI is InChI=1S/C32H31NO5/c1-32(2,3)38-23-15-14-21-13-12-20(16-22(21)18-23)17-29(30(34)35)33-31(36)37-19-28-26-10-6-4-8-24(26)25-9-5-7-11-27(25)28/h4-16,18,28-29H,17,19H2,1-3H3,(H,33,36)(H,34,35)/t29-/m0/s1. The molecule has 0 heterocycles. The zero-order valence-corrected chi connectivity index (χ0v) is 21.7. The monoisotopic (exact) mass is 509 g/mol. The predicted octanol–water partition coefficient (Wildman–Crippen LogP) is 6.55. The van der Waals surface area contributed by atoms with Crippen molar-refractivity contribution in [3.63, 3.8) is 0 Å². The van der Waals surface area contributed by atoms with Gasteiger partial charge in [-0.25, -0.2) is 9.59 Å². The largest absolute Gasteiger partial charge is 0.488 e. The van der Waals surface area contributed by atoms with Gasteiger partial charge in [-0.2, -0.15) is 0 Å². The summed E-state index contributed by atoms with van der Waals surface area (Å²) in [6, 6.07) is 26.6. The summed E-state index contributed by atoms with van der Waals surface area (Å²) in [6.07, 6.45) is -0.624. The molecule has 1 amide bonds. The first-order valence-electron chi connectivity index (χ1n) is 12.7.